The van der Waals surface area contributed by atoms with Crippen molar-refractivity contribution in [1.29, 1.82) is 0 Å². The zero-order valence-corrected chi connectivity index (χ0v) is 15.3. The highest BCUT2D eigenvalue weighted by molar-refractivity contribution is 7.92. The van der Waals surface area contributed by atoms with Crippen LogP contribution >= 0.6 is 0 Å². The number of anilines is 2. The lowest BCUT2D eigenvalue weighted by molar-refractivity contribution is -0.117. The minimum Gasteiger partial charge on any atom is -0.326 e. The van der Waals surface area contributed by atoms with Crippen LogP contribution in [0, 0.1) is 5.92 Å². The summed E-state index contributed by atoms with van der Waals surface area (Å²) in [4.78, 5) is 12.1. The van der Waals surface area contributed by atoms with Crippen molar-refractivity contribution in [2.75, 3.05) is 10.0 Å². The van der Waals surface area contributed by atoms with Gasteiger partial charge in [-0.15, -0.1) is 0 Å². The average molecular weight is 370 g/mol. The second kappa shape index (κ2) is 6.76. The summed E-state index contributed by atoms with van der Waals surface area (Å²) in [5.41, 5.74) is 3.55. The zero-order valence-electron chi connectivity index (χ0n) is 14.5. The molecule has 1 fully saturated rings. The Morgan fingerprint density at radius 1 is 0.885 bits per heavy atom. The smallest absolute Gasteiger partial charge is 0.261 e. The summed E-state index contributed by atoms with van der Waals surface area (Å²) >= 11 is 0. The van der Waals surface area contributed by atoms with E-state index in [0.717, 1.165) is 37.7 Å². The molecule has 0 aliphatic heterocycles. The highest BCUT2D eigenvalue weighted by Crippen LogP contribution is 2.30. The fourth-order valence-electron chi connectivity index (χ4n) is 3.30. The van der Waals surface area contributed by atoms with E-state index in [2.05, 4.69) is 10.0 Å². The summed E-state index contributed by atoms with van der Waals surface area (Å²) in [7, 11) is -3.62. The third-order valence-corrected chi connectivity index (χ3v) is 6.36. The van der Waals surface area contributed by atoms with Crippen molar-refractivity contribution in [1.82, 2.24) is 0 Å². The molecule has 1 amide bonds. The van der Waals surface area contributed by atoms with Gasteiger partial charge in [-0.3, -0.25) is 9.52 Å². The molecule has 4 rings (SSSR count). The number of fused-ring (bicyclic) bond motifs is 1. The predicted octanol–water partition coefficient (Wildman–Crippen LogP) is 3.71. The van der Waals surface area contributed by atoms with Crippen molar-refractivity contribution < 1.29 is 13.2 Å². The van der Waals surface area contributed by atoms with Crippen LogP contribution in [-0.2, 0) is 27.7 Å². The third-order valence-electron chi connectivity index (χ3n) is 4.98. The summed E-state index contributed by atoms with van der Waals surface area (Å²) in [5, 5.41) is 2.84. The number of hydrogen-bond donors (Lipinski definition) is 2. The van der Waals surface area contributed by atoms with E-state index in [1.807, 2.05) is 6.07 Å². The van der Waals surface area contributed by atoms with Crippen molar-refractivity contribution in [2.24, 2.45) is 5.92 Å². The molecule has 5 nitrogen and oxygen atoms in total. The molecule has 2 aliphatic rings. The van der Waals surface area contributed by atoms with Crippen LogP contribution in [0.2, 0.25) is 0 Å². The van der Waals surface area contributed by atoms with Gasteiger partial charge in [-0.05, 0) is 86.1 Å². The lowest BCUT2D eigenvalue weighted by Gasteiger charge is -2.17. The number of rotatable bonds is 5. The van der Waals surface area contributed by atoms with Crippen molar-refractivity contribution >= 4 is 27.3 Å². The fourth-order valence-corrected chi connectivity index (χ4v) is 4.41. The number of carbonyl (C=O) groups is 1. The lowest BCUT2D eigenvalue weighted by atomic mass is 9.92. The minimum absolute atomic E-state index is 0.0346. The Morgan fingerprint density at radius 3 is 2.23 bits per heavy atom. The molecule has 26 heavy (non-hydrogen) atoms. The molecule has 6 heteroatoms. The molecular formula is C20H22N2O3S. The van der Waals surface area contributed by atoms with Crippen LogP contribution in [0.1, 0.15) is 36.8 Å². The largest absolute Gasteiger partial charge is 0.326 e. The van der Waals surface area contributed by atoms with Gasteiger partial charge in [0.15, 0.2) is 0 Å². The van der Waals surface area contributed by atoms with Gasteiger partial charge in [0, 0.05) is 17.3 Å². The maximum Gasteiger partial charge on any atom is 0.261 e. The number of hydrogen-bond acceptors (Lipinski definition) is 3. The SMILES string of the molecule is O=C(Nc1ccc(NS(=O)(=O)c2ccc3c(c2)CCCC3)cc1)C1CC1. The van der Waals surface area contributed by atoms with E-state index in [4.69, 9.17) is 0 Å². The summed E-state index contributed by atoms with van der Waals surface area (Å²) in [6.45, 7) is 0. The molecule has 0 saturated heterocycles. The second-order valence-electron chi connectivity index (χ2n) is 7.08. The number of amides is 1. The lowest BCUT2D eigenvalue weighted by Crippen LogP contribution is -2.15. The van der Waals surface area contributed by atoms with Gasteiger partial charge in [-0.1, -0.05) is 6.07 Å². The topological polar surface area (TPSA) is 75.3 Å². The van der Waals surface area contributed by atoms with Gasteiger partial charge in [0.1, 0.15) is 0 Å². The Labute approximate surface area is 153 Å². The average Bonchev–Trinajstić information content (AvgIpc) is 3.48. The summed E-state index contributed by atoms with van der Waals surface area (Å²) < 4.78 is 28.0. The molecule has 0 atom stereocenters. The van der Waals surface area contributed by atoms with Gasteiger partial charge in [0.2, 0.25) is 5.91 Å². The van der Waals surface area contributed by atoms with Crippen molar-refractivity contribution in [3.8, 4) is 0 Å². The number of benzene rings is 2. The van der Waals surface area contributed by atoms with Gasteiger partial charge < -0.3 is 5.32 Å². The maximum absolute atomic E-state index is 12.7. The molecule has 0 unspecified atom stereocenters. The van der Waals surface area contributed by atoms with Gasteiger partial charge >= 0.3 is 0 Å². The Balaban J connectivity index is 1.47. The molecule has 0 radical (unpaired) electrons. The first-order valence-corrected chi connectivity index (χ1v) is 10.6. The fraction of sp³-hybridized carbons (Fsp3) is 0.350. The molecule has 136 valence electrons. The summed E-state index contributed by atoms with van der Waals surface area (Å²) in [6, 6.07) is 12.2. The number of nitrogens with one attached hydrogen (secondary N) is 2. The Hall–Kier alpha value is -2.34. The third kappa shape index (κ3) is 3.75. The standard InChI is InChI=1S/C20H22N2O3S/c23-20(15-5-6-15)21-17-8-10-18(11-9-17)22-26(24,25)19-12-7-14-3-1-2-4-16(14)13-19/h7-13,15,22H,1-6H2,(H,21,23). The predicted molar refractivity (Wildman–Crippen MR) is 102 cm³/mol. The van der Waals surface area contributed by atoms with Crippen LogP contribution < -0.4 is 10.0 Å². The van der Waals surface area contributed by atoms with Crippen LogP contribution in [0.15, 0.2) is 47.4 Å². The van der Waals surface area contributed by atoms with Gasteiger partial charge in [-0.25, -0.2) is 8.42 Å². The quantitative estimate of drug-likeness (QED) is 0.842. The van der Waals surface area contributed by atoms with Crippen molar-refractivity contribution in [3.05, 3.63) is 53.6 Å². The zero-order chi connectivity index (χ0) is 18.1. The highest BCUT2D eigenvalue weighted by atomic mass is 32.2. The van der Waals surface area contributed by atoms with E-state index in [9.17, 15) is 13.2 Å². The first-order valence-electron chi connectivity index (χ1n) is 9.07. The Kier molecular flexibility index (Phi) is 4.44. The van der Waals surface area contributed by atoms with Crippen molar-refractivity contribution in [2.45, 2.75) is 43.4 Å². The summed E-state index contributed by atoms with van der Waals surface area (Å²) in [5.74, 6) is 0.171. The molecule has 0 bridgehead atoms. The summed E-state index contributed by atoms with van der Waals surface area (Å²) in [6.07, 6.45) is 6.14. The molecule has 2 aromatic carbocycles. The first-order chi connectivity index (χ1) is 12.5. The van der Waals surface area contributed by atoms with Crippen LogP contribution in [0.4, 0.5) is 11.4 Å². The van der Waals surface area contributed by atoms with E-state index < -0.39 is 10.0 Å². The maximum atomic E-state index is 12.7. The van der Waals surface area contributed by atoms with Gasteiger partial charge in [0.05, 0.1) is 4.90 Å². The monoisotopic (exact) mass is 370 g/mol. The van der Waals surface area contributed by atoms with E-state index in [-0.39, 0.29) is 11.8 Å². The van der Waals surface area contributed by atoms with Crippen molar-refractivity contribution in [3.63, 3.8) is 0 Å². The Morgan fingerprint density at radius 2 is 1.54 bits per heavy atom. The minimum atomic E-state index is -3.62. The molecule has 2 aromatic rings. The number of carbonyl (C=O) groups excluding carboxylic acids is 1. The molecule has 2 aliphatic carbocycles. The van der Waals surface area contributed by atoms with E-state index in [1.54, 1.807) is 36.4 Å². The first kappa shape index (κ1) is 17.1. The molecule has 1 saturated carbocycles. The van der Waals surface area contributed by atoms with Crippen LogP contribution in [0.25, 0.3) is 0 Å². The molecule has 0 aromatic heterocycles. The highest BCUT2D eigenvalue weighted by Gasteiger charge is 2.29. The van der Waals surface area contributed by atoms with Crippen LogP contribution in [-0.4, -0.2) is 14.3 Å². The second-order valence-corrected chi connectivity index (χ2v) is 8.77. The normalized spacial score (nSPS) is 16.6. The van der Waals surface area contributed by atoms with E-state index >= 15 is 0 Å². The van der Waals surface area contributed by atoms with Crippen LogP contribution in [0.3, 0.4) is 0 Å². The molecule has 0 heterocycles. The number of sulfonamides is 1. The van der Waals surface area contributed by atoms with Gasteiger partial charge in [0.25, 0.3) is 10.0 Å². The van der Waals surface area contributed by atoms with E-state index in [0.29, 0.717) is 16.3 Å². The Bertz CT molecular complexity index is 932. The number of aryl methyl sites for hydroxylation is 2. The van der Waals surface area contributed by atoms with Crippen LogP contribution in [0.5, 0.6) is 0 Å². The molecule has 2 N–H and O–H groups in total. The molecular weight excluding hydrogens is 348 g/mol. The molecule has 0 spiro atoms. The van der Waals surface area contributed by atoms with E-state index in [1.165, 1.54) is 12.0 Å². The van der Waals surface area contributed by atoms with Gasteiger partial charge in [-0.2, -0.15) is 0 Å².